The van der Waals surface area contributed by atoms with E-state index in [4.69, 9.17) is 9.47 Å². The van der Waals surface area contributed by atoms with E-state index < -0.39 is 11.9 Å². The fourth-order valence-corrected chi connectivity index (χ4v) is 2.78. The van der Waals surface area contributed by atoms with Crippen LogP contribution in [0.15, 0.2) is 12.2 Å². The van der Waals surface area contributed by atoms with Crippen molar-refractivity contribution < 1.29 is 19.4 Å². The fraction of sp³-hybridized carbons (Fsp3) is 0.812. The lowest BCUT2D eigenvalue weighted by molar-refractivity contribution is -0.144. The molecule has 4 heteroatoms. The summed E-state index contributed by atoms with van der Waals surface area (Å²) in [5.41, 5.74) is 0. The summed E-state index contributed by atoms with van der Waals surface area (Å²) in [5.74, 6) is -1.32. The predicted octanol–water partition coefficient (Wildman–Crippen LogP) is 3.09. The third-order valence-electron chi connectivity index (χ3n) is 4.07. The summed E-state index contributed by atoms with van der Waals surface area (Å²) in [4.78, 5) is 11.0. The van der Waals surface area contributed by atoms with Crippen molar-refractivity contribution in [3.8, 4) is 0 Å². The molecule has 0 aromatic heterocycles. The number of esters is 1. The second kappa shape index (κ2) is 7.23. The lowest BCUT2D eigenvalue weighted by atomic mass is 10.0. The predicted molar refractivity (Wildman–Crippen MR) is 76.1 cm³/mol. The van der Waals surface area contributed by atoms with Crippen molar-refractivity contribution >= 4 is 5.97 Å². The SMILES string of the molecule is CCCCCCCCCC[C@H](O)[C@@H]1O[C@]12C=CC(=O)O2. The first-order chi connectivity index (χ1) is 9.68. The third-order valence-corrected chi connectivity index (χ3v) is 4.07. The van der Waals surface area contributed by atoms with E-state index in [2.05, 4.69) is 6.92 Å². The molecular formula is C16H26O4. The molecule has 2 heterocycles. The molecule has 114 valence electrons. The van der Waals surface area contributed by atoms with E-state index in [1.165, 1.54) is 44.6 Å². The first-order valence-electron chi connectivity index (χ1n) is 7.96. The van der Waals surface area contributed by atoms with Crippen LogP contribution in [0.1, 0.15) is 64.7 Å². The number of ether oxygens (including phenoxy) is 2. The molecule has 0 amide bonds. The van der Waals surface area contributed by atoms with Crippen molar-refractivity contribution in [2.24, 2.45) is 0 Å². The van der Waals surface area contributed by atoms with Gasteiger partial charge in [-0.05, 0) is 12.5 Å². The van der Waals surface area contributed by atoms with Gasteiger partial charge in [0, 0.05) is 6.08 Å². The number of rotatable bonds is 10. The average Bonchev–Trinajstić information content (AvgIpc) is 3.00. The molecule has 2 aliphatic rings. The van der Waals surface area contributed by atoms with Gasteiger partial charge in [0.05, 0.1) is 6.10 Å². The Bertz CT molecular complexity index is 352. The molecule has 2 aliphatic heterocycles. The second-order valence-corrected chi connectivity index (χ2v) is 5.85. The highest BCUT2D eigenvalue weighted by molar-refractivity contribution is 5.85. The minimum atomic E-state index is -0.934. The van der Waals surface area contributed by atoms with Crippen molar-refractivity contribution in [2.75, 3.05) is 0 Å². The van der Waals surface area contributed by atoms with E-state index in [0.29, 0.717) is 6.42 Å². The Morgan fingerprint density at radius 1 is 1.20 bits per heavy atom. The standard InChI is InChI=1S/C16H26O4/c1-2-3-4-5-6-7-8-9-10-13(17)15-16(20-15)12-11-14(18)19-16/h11-13,15,17H,2-10H2,1H3/t13-,15-,16+/m0/s1. The van der Waals surface area contributed by atoms with Gasteiger partial charge in [0.15, 0.2) is 6.10 Å². The number of unbranched alkanes of at least 4 members (excludes halogenated alkanes) is 7. The molecule has 4 nitrogen and oxygen atoms in total. The Kier molecular flexibility index (Phi) is 5.61. The molecule has 1 fully saturated rings. The van der Waals surface area contributed by atoms with Crippen LogP contribution in [0.4, 0.5) is 0 Å². The van der Waals surface area contributed by atoms with Crippen LogP contribution in [-0.2, 0) is 14.3 Å². The molecule has 0 radical (unpaired) electrons. The average molecular weight is 282 g/mol. The monoisotopic (exact) mass is 282 g/mol. The Morgan fingerprint density at radius 2 is 1.85 bits per heavy atom. The maximum Gasteiger partial charge on any atom is 0.333 e. The molecule has 1 spiro atoms. The molecule has 0 aromatic rings. The van der Waals surface area contributed by atoms with Gasteiger partial charge in [-0.1, -0.05) is 58.3 Å². The van der Waals surface area contributed by atoms with Crippen molar-refractivity contribution in [3.05, 3.63) is 12.2 Å². The van der Waals surface area contributed by atoms with Crippen molar-refractivity contribution in [2.45, 2.75) is 82.7 Å². The summed E-state index contributed by atoms with van der Waals surface area (Å²) >= 11 is 0. The highest BCUT2D eigenvalue weighted by Crippen LogP contribution is 2.45. The maximum absolute atomic E-state index is 11.0. The highest BCUT2D eigenvalue weighted by Gasteiger charge is 2.63. The number of hydrogen-bond donors (Lipinski definition) is 1. The number of aliphatic hydroxyl groups excluding tert-OH is 1. The molecule has 0 aliphatic carbocycles. The first kappa shape index (κ1) is 15.5. The van der Waals surface area contributed by atoms with Crippen LogP contribution in [0.2, 0.25) is 0 Å². The number of epoxide rings is 1. The maximum atomic E-state index is 11.0. The Balaban J connectivity index is 1.49. The smallest absolute Gasteiger partial charge is 0.333 e. The van der Waals surface area contributed by atoms with E-state index in [0.717, 1.165) is 12.8 Å². The molecule has 3 atom stereocenters. The zero-order valence-electron chi connectivity index (χ0n) is 12.3. The molecule has 1 N–H and O–H groups in total. The van der Waals surface area contributed by atoms with Crippen LogP contribution in [0.5, 0.6) is 0 Å². The van der Waals surface area contributed by atoms with Crippen molar-refractivity contribution in [1.29, 1.82) is 0 Å². The molecule has 2 rings (SSSR count). The Labute approximate surface area is 121 Å². The molecule has 0 aromatic carbocycles. The van der Waals surface area contributed by atoms with Gasteiger partial charge in [-0.3, -0.25) is 0 Å². The van der Waals surface area contributed by atoms with Crippen LogP contribution in [-0.4, -0.2) is 29.1 Å². The van der Waals surface area contributed by atoms with Gasteiger partial charge in [-0.2, -0.15) is 0 Å². The van der Waals surface area contributed by atoms with Crippen LogP contribution < -0.4 is 0 Å². The molecule has 0 bridgehead atoms. The lowest BCUT2D eigenvalue weighted by Crippen LogP contribution is -2.24. The van der Waals surface area contributed by atoms with Gasteiger partial charge >= 0.3 is 5.97 Å². The van der Waals surface area contributed by atoms with Crippen LogP contribution in [0.3, 0.4) is 0 Å². The second-order valence-electron chi connectivity index (χ2n) is 5.85. The Hall–Kier alpha value is -0.870. The van der Waals surface area contributed by atoms with E-state index >= 15 is 0 Å². The summed E-state index contributed by atoms with van der Waals surface area (Å²) in [5, 5.41) is 10.0. The largest absolute Gasteiger partial charge is 0.423 e. The zero-order chi connectivity index (χ0) is 14.4. The third kappa shape index (κ3) is 4.06. The summed E-state index contributed by atoms with van der Waals surface area (Å²) < 4.78 is 10.4. The minimum absolute atomic E-state index is 0.366. The van der Waals surface area contributed by atoms with Gasteiger partial charge in [0.2, 0.25) is 0 Å². The van der Waals surface area contributed by atoms with Gasteiger partial charge in [0.25, 0.3) is 5.79 Å². The van der Waals surface area contributed by atoms with Gasteiger partial charge < -0.3 is 14.6 Å². The summed E-state index contributed by atoms with van der Waals surface area (Å²) in [6, 6.07) is 0. The van der Waals surface area contributed by atoms with Crippen LogP contribution in [0, 0.1) is 0 Å². The number of aliphatic hydroxyl groups is 1. The molecule has 0 saturated carbocycles. The number of carbonyl (C=O) groups excluding carboxylic acids is 1. The van der Waals surface area contributed by atoms with Gasteiger partial charge in [-0.25, -0.2) is 4.79 Å². The molecule has 20 heavy (non-hydrogen) atoms. The summed E-state index contributed by atoms with van der Waals surface area (Å²) in [6.45, 7) is 2.23. The van der Waals surface area contributed by atoms with E-state index in [1.807, 2.05) is 0 Å². The van der Waals surface area contributed by atoms with Gasteiger partial charge in [-0.15, -0.1) is 0 Å². The van der Waals surface area contributed by atoms with E-state index in [9.17, 15) is 9.90 Å². The zero-order valence-corrected chi connectivity index (χ0v) is 12.3. The minimum Gasteiger partial charge on any atom is -0.423 e. The number of hydrogen-bond acceptors (Lipinski definition) is 4. The quantitative estimate of drug-likeness (QED) is 0.380. The first-order valence-corrected chi connectivity index (χ1v) is 7.96. The molecule has 0 unspecified atom stereocenters. The van der Waals surface area contributed by atoms with E-state index in [-0.39, 0.29) is 12.1 Å². The molecular weight excluding hydrogens is 256 g/mol. The summed E-state index contributed by atoms with van der Waals surface area (Å²) in [6.07, 6.45) is 12.8. The lowest BCUT2D eigenvalue weighted by Gasteiger charge is -2.09. The van der Waals surface area contributed by atoms with Crippen LogP contribution >= 0.6 is 0 Å². The Morgan fingerprint density at radius 3 is 2.45 bits per heavy atom. The summed E-state index contributed by atoms with van der Waals surface area (Å²) in [7, 11) is 0. The number of carbonyl (C=O) groups is 1. The fourth-order valence-electron chi connectivity index (χ4n) is 2.78. The van der Waals surface area contributed by atoms with E-state index in [1.54, 1.807) is 6.08 Å². The van der Waals surface area contributed by atoms with Crippen molar-refractivity contribution in [3.63, 3.8) is 0 Å². The van der Waals surface area contributed by atoms with Gasteiger partial charge in [0.1, 0.15) is 0 Å². The van der Waals surface area contributed by atoms with Crippen molar-refractivity contribution in [1.82, 2.24) is 0 Å². The normalized spacial score (nSPS) is 28.9. The molecule has 1 saturated heterocycles. The highest BCUT2D eigenvalue weighted by atomic mass is 16.8. The topological polar surface area (TPSA) is 59.1 Å². The van der Waals surface area contributed by atoms with Crippen LogP contribution in [0.25, 0.3) is 0 Å².